The van der Waals surface area contributed by atoms with E-state index in [0.29, 0.717) is 27.5 Å². The lowest BCUT2D eigenvalue weighted by atomic mass is 10.0. The zero-order valence-corrected chi connectivity index (χ0v) is 22.9. The van der Waals surface area contributed by atoms with Gasteiger partial charge in [0.1, 0.15) is 0 Å². The first-order valence-electron chi connectivity index (χ1n) is 11.8. The van der Waals surface area contributed by atoms with Crippen molar-refractivity contribution in [1.29, 1.82) is 0 Å². The Balaban J connectivity index is 2.08. The molecule has 0 bridgehead atoms. The molecule has 0 radical (unpaired) electrons. The molecule has 1 aromatic rings. The van der Waals surface area contributed by atoms with Gasteiger partial charge in [0.2, 0.25) is 0 Å². The minimum absolute atomic E-state index is 0.224. The lowest BCUT2D eigenvalue weighted by Crippen LogP contribution is -2.33. The summed E-state index contributed by atoms with van der Waals surface area (Å²) < 4.78 is 0. The largest absolute Gasteiger partial charge is 0.0843 e. The van der Waals surface area contributed by atoms with Gasteiger partial charge in [0.05, 0.1) is 0 Å². The molecule has 0 aliphatic heterocycles. The normalized spacial score (nSPS) is 23.7. The quantitative estimate of drug-likeness (QED) is 0.391. The van der Waals surface area contributed by atoms with Crippen LogP contribution in [0.4, 0.5) is 0 Å². The van der Waals surface area contributed by atoms with E-state index in [1.54, 1.807) is 16.2 Å². The lowest BCUT2D eigenvalue weighted by Gasteiger charge is -2.47. The van der Waals surface area contributed by atoms with E-state index in [9.17, 15) is 0 Å². The number of hydrogen-bond acceptors (Lipinski definition) is 0. The summed E-state index contributed by atoms with van der Waals surface area (Å²) >= 11 is 0. The zero-order valence-electron chi connectivity index (χ0n) is 21.1. The maximum absolute atomic E-state index is 2.53. The van der Waals surface area contributed by atoms with Crippen LogP contribution in [0.15, 0.2) is 71.6 Å². The van der Waals surface area contributed by atoms with E-state index in [1.165, 1.54) is 12.0 Å². The highest BCUT2D eigenvalue weighted by molar-refractivity contribution is 7.71. The molecule has 0 N–H and O–H groups in total. The Labute approximate surface area is 194 Å². The molecule has 2 unspecified atom stereocenters. The van der Waals surface area contributed by atoms with Gasteiger partial charge in [-0.3, -0.25) is 0 Å². The summed E-state index contributed by atoms with van der Waals surface area (Å²) in [5, 5.41) is 3.87. The molecule has 0 fully saturated rings. The molecule has 0 amide bonds. The first kappa shape index (κ1) is 24.7. The van der Waals surface area contributed by atoms with E-state index in [1.807, 2.05) is 0 Å². The van der Waals surface area contributed by atoms with Gasteiger partial charge in [-0.05, 0) is 53.7 Å². The standard InChI is InChI=1S/C29H42P2/c1-21-15-10-12-18-25(21)30(26-19-13-11-16-22(26)2)23(3)24-17-14-20-27(24)31(28(4,5)6)29(7,8)9/h10-15,17-20,22-23,27H,16H2,1-9H3/t22?,23-,27+,30?/m0/s1. The highest BCUT2D eigenvalue weighted by atomic mass is 31.1. The third-order valence-electron chi connectivity index (χ3n) is 6.57. The topological polar surface area (TPSA) is 0 Å². The Morgan fingerprint density at radius 3 is 2.16 bits per heavy atom. The Kier molecular flexibility index (Phi) is 7.56. The summed E-state index contributed by atoms with van der Waals surface area (Å²) in [6.45, 7) is 22.0. The molecule has 0 saturated carbocycles. The highest BCUT2D eigenvalue weighted by Crippen LogP contribution is 2.67. The Morgan fingerprint density at radius 1 is 0.935 bits per heavy atom. The second-order valence-corrected chi connectivity index (χ2v) is 17.7. The van der Waals surface area contributed by atoms with Crippen molar-refractivity contribution in [2.45, 2.75) is 90.4 Å². The van der Waals surface area contributed by atoms with Crippen molar-refractivity contribution in [3.05, 3.63) is 77.2 Å². The first-order valence-corrected chi connectivity index (χ1v) is 14.6. The Morgan fingerprint density at radius 2 is 1.58 bits per heavy atom. The van der Waals surface area contributed by atoms with Gasteiger partial charge in [-0.15, -0.1) is 0 Å². The fourth-order valence-electron chi connectivity index (χ4n) is 5.55. The predicted molar refractivity (Wildman–Crippen MR) is 146 cm³/mol. The molecule has 31 heavy (non-hydrogen) atoms. The molecule has 2 aliphatic carbocycles. The Bertz CT molecular complexity index is 887. The van der Waals surface area contributed by atoms with E-state index >= 15 is 0 Å². The molecule has 4 atom stereocenters. The summed E-state index contributed by atoms with van der Waals surface area (Å²) in [4.78, 5) is 0. The van der Waals surface area contributed by atoms with Crippen molar-refractivity contribution >= 4 is 21.1 Å². The smallest absolute Gasteiger partial charge is 0.0202 e. The molecule has 1 aromatic carbocycles. The average molecular weight is 453 g/mol. The van der Waals surface area contributed by atoms with Gasteiger partial charge in [-0.2, -0.15) is 0 Å². The van der Waals surface area contributed by atoms with Gasteiger partial charge in [0, 0.05) is 11.3 Å². The molecule has 2 heteroatoms. The number of rotatable bonds is 5. The van der Waals surface area contributed by atoms with Crippen LogP contribution in [0.2, 0.25) is 0 Å². The minimum Gasteiger partial charge on any atom is -0.0843 e. The van der Waals surface area contributed by atoms with Crippen LogP contribution in [0.5, 0.6) is 0 Å². The number of benzene rings is 1. The summed E-state index contributed by atoms with van der Waals surface area (Å²) in [5.41, 5.74) is 4.24. The van der Waals surface area contributed by atoms with E-state index in [0.717, 1.165) is 0 Å². The van der Waals surface area contributed by atoms with Crippen molar-refractivity contribution < 1.29 is 0 Å². The average Bonchev–Trinajstić information content (AvgIpc) is 3.11. The molecule has 2 aliphatic rings. The van der Waals surface area contributed by atoms with Crippen molar-refractivity contribution in [3.63, 3.8) is 0 Å². The van der Waals surface area contributed by atoms with Gasteiger partial charge < -0.3 is 0 Å². The van der Waals surface area contributed by atoms with Crippen LogP contribution < -0.4 is 5.30 Å². The van der Waals surface area contributed by atoms with Crippen LogP contribution in [-0.4, -0.2) is 21.6 Å². The third-order valence-corrected chi connectivity index (χ3v) is 13.7. The summed E-state index contributed by atoms with van der Waals surface area (Å²) in [6, 6.07) is 9.13. The van der Waals surface area contributed by atoms with Gasteiger partial charge in [0.25, 0.3) is 0 Å². The van der Waals surface area contributed by atoms with Crippen LogP contribution in [0, 0.1) is 12.8 Å². The second-order valence-electron chi connectivity index (χ2n) is 11.2. The van der Waals surface area contributed by atoms with Gasteiger partial charge in [-0.25, -0.2) is 0 Å². The number of hydrogen-bond donors (Lipinski definition) is 0. The first-order chi connectivity index (χ1) is 14.4. The molecular weight excluding hydrogens is 410 g/mol. The van der Waals surface area contributed by atoms with E-state index in [-0.39, 0.29) is 7.92 Å². The van der Waals surface area contributed by atoms with Crippen LogP contribution in [-0.2, 0) is 0 Å². The van der Waals surface area contributed by atoms with Gasteiger partial charge in [-0.1, -0.05) is 130 Å². The summed E-state index contributed by atoms with van der Waals surface area (Å²) in [7, 11) is -0.641. The molecule has 0 heterocycles. The summed E-state index contributed by atoms with van der Waals surface area (Å²) in [5.74, 6) is 0.623. The fraction of sp³-hybridized carbons (Fsp3) is 0.517. The maximum atomic E-state index is 2.53. The van der Waals surface area contributed by atoms with Gasteiger partial charge in [0.15, 0.2) is 0 Å². The van der Waals surface area contributed by atoms with Crippen molar-refractivity contribution in [3.8, 4) is 0 Å². The zero-order chi connectivity index (χ0) is 23.0. The molecule has 0 nitrogen and oxygen atoms in total. The van der Waals surface area contributed by atoms with Crippen molar-refractivity contribution in [2.24, 2.45) is 5.92 Å². The highest BCUT2D eigenvalue weighted by Gasteiger charge is 2.43. The van der Waals surface area contributed by atoms with Crippen LogP contribution in [0.1, 0.15) is 67.4 Å². The number of allylic oxidation sites excluding steroid dienone is 8. The van der Waals surface area contributed by atoms with E-state index in [4.69, 9.17) is 0 Å². The molecule has 3 rings (SSSR count). The van der Waals surface area contributed by atoms with Crippen molar-refractivity contribution in [2.75, 3.05) is 0 Å². The molecule has 168 valence electrons. The second kappa shape index (κ2) is 9.49. The van der Waals surface area contributed by atoms with Crippen LogP contribution in [0.3, 0.4) is 0 Å². The summed E-state index contributed by atoms with van der Waals surface area (Å²) in [6.07, 6.45) is 15.6. The third kappa shape index (κ3) is 5.34. The monoisotopic (exact) mass is 452 g/mol. The Hall–Kier alpha value is -0.960. The molecule has 0 saturated heterocycles. The number of aryl methyl sites for hydroxylation is 1. The van der Waals surface area contributed by atoms with Crippen LogP contribution in [0.25, 0.3) is 0 Å². The SMILES string of the molecule is Cc1ccccc1P(C1=CC=CCC1C)[C@@H](C)C1=CC=C[C@H]1P(C(C)(C)C)C(C)(C)C. The maximum Gasteiger partial charge on any atom is 0.0202 e. The van der Waals surface area contributed by atoms with E-state index < -0.39 is 7.92 Å². The molecule has 0 aromatic heterocycles. The fourth-order valence-corrected chi connectivity index (χ4v) is 13.4. The lowest BCUT2D eigenvalue weighted by molar-refractivity contribution is 0.697. The molecular formula is C29H42P2. The van der Waals surface area contributed by atoms with Gasteiger partial charge >= 0.3 is 0 Å². The predicted octanol–water partition coefficient (Wildman–Crippen LogP) is 8.91. The van der Waals surface area contributed by atoms with E-state index in [2.05, 4.69) is 123 Å². The minimum atomic E-state index is -0.418. The van der Waals surface area contributed by atoms with Crippen molar-refractivity contribution in [1.82, 2.24) is 0 Å². The molecule has 0 spiro atoms. The van der Waals surface area contributed by atoms with Crippen LogP contribution >= 0.6 is 15.8 Å².